The second-order valence-corrected chi connectivity index (χ2v) is 5.86. The van der Waals surface area contributed by atoms with Crippen molar-refractivity contribution in [2.75, 3.05) is 7.05 Å². The summed E-state index contributed by atoms with van der Waals surface area (Å²) in [6.07, 6.45) is 0. The van der Waals surface area contributed by atoms with E-state index in [2.05, 4.69) is 0 Å². The van der Waals surface area contributed by atoms with Crippen molar-refractivity contribution in [1.29, 1.82) is 0 Å². The van der Waals surface area contributed by atoms with Gasteiger partial charge >= 0.3 is 5.97 Å². The maximum absolute atomic E-state index is 12.1. The van der Waals surface area contributed by atoms with E-state index in [1.54, 1.807) is 19.1 Å². The topological polar surface area (TPSA) is 94.9 Å². The number of fused-ring (bicyclic) bond motifs is 1. The number of rotatable bonds is 1. The molecule has 0 amide bonds. The lowest BCUT2D eigenvalue weighted by atomic mass is 10.1. The van der Waals surface area contributed by atoms with Crippen molar-refractivity contribution in [3.63, 3.8) is 0 Å². The van der Waals surface area contributed by atoms with Gasteiger partial charge in [0.15, 0.2) is 11.5 Å². The summed E-state index contributed by atoms with van der Waals surface area (Å²) in [5, 5.41) is 19.0. The first-order valence-electron chi connectivity index (χ1n) is 5.04. The van der Waals surface area contributed by atoms with Crippen LogP contribution in [0.2, 0.25) is 0 Å². The molecule has 1 aliphatic rings. The number of hydrogen-bond donors (Lipinski definition) is 2. The first kappa shape index (κ1) is 12.4. The predicted molar refractivity (Wildman–Crippen MR) is 63.3 cm³/mol. The van der Waals surface area contributed by atoms with E-state index < -0.39 is 27.4 Å². The Morgan fingerprint density at radius 1 is 1.33 bits per heavy atom. The van der Waals surface area contributed by atoms with Gasteiger partial charge in [0, 0.05) is 12.6 Å². The Bertz CT molecular complexity index is 675. The van der Waals surface area contributed by atoms with Gasteiger partial charge in [-0.2, -0.15) is 0 Å². The molecule has 2 N–H and O–H groups in total. The number of carboxylic acids is 1. The summed E-state index contributed by atoms with van der Waals surface area (Å²) >= 11 is 0. The molecule has 1 aliphatic heterocycles. The molecule has 6 nitrogen and oxygen atoms in total. The molecule has 0 fully saturated rings. The predicted octanol–water partition coefficient (Wildman–Crippen LogP) is 0.940. The number of nitrogens with zero attached hydrogens (tertiary/aromatic N) is 1. The molecule has 2 rings (SSSR count). The second kappa shape index (κ2) is 3.74. The van der Waals surface area contributed by atoms with Crippen molar-refractivity contribution in [1.82, 2.24) is 4.31 Å². The van der Waals surface area contributed by atoms with E-state index in [-0.39, 0.29) is 10.5 Å². The first-order chi connectivity index (χ1) is 8.28. The molecule has 0 radical (unpaired) electrons. The van der Waals surface area contributed by atoms with Crippen LogP contribution in [0.25, 0.3) is 5.76 Å². The minimum Gasteiger partial charge on any atom is -0.505 e. The van der Waals surface area contributed by atoms with Crippen LogP contribution in [0.15, 0.2) is 28.8 Å². The maximum atomic E-state index is 12.1. The van der Waals surface area contributed by atoms with Crippen LogP contribution in [0.1, 0.15) is 11.1 Å². The zero-order chi connectivity index (χ0) is 13.7. The molecule has 1 aromatic carbocycles. The van der Waals surface area contributed by atoms with Gasteiger partial charge in [-0.3, -0.25) is 4.31 Å². The highest BCUT2D eigenvalue weighted by Gasteiger charge is 2.38. The van der Waals surface area contributed by atoms with E-state index in [0.29, 0.717) is 9.87 Å². The van der Waals surface area contributed by atoms with Gasteiger partial charge in [0.25, 0.3) is 10.0 Å². The van der Waals surface area contributed by atoms with Gasteiger partial charge in [-0.25, -0.2) is 13.2 Å². The number of carboxylic acid groups (broad SMARTS) is 1. The van der Waals surface area contributed by atoms with Crippen LogP contribution in [-0.4, -0.2) is 36.0 Å². The highest BCUT2D eigenvalue weighted by Crippen LogP contribution is 2.36. The van der Waals surface area contributed by atoms with Crippen LogP contribution in [-0.2, 0) is 14.8 Å². The number of aliphatic hydroxyl groups excluding tert-OH is 1. The minimum atomic E-state index is -3.94. The monoisotopic (exact) mass is 269 g/mol. The number of likely N-dealkylation sites (N-methyl/N-ethyl adjacent to an activating group) is 1. The van der Waals surface area contributed by atoms with E-state index >= 15 is 0 Å². The Labute approximate surface area is 104 Å². The molecule has 0 aliphatic carbocycles. The minimum absolute atomic E-state index is 0.0491. The zero-order valence-corrected chi connectivity index (χ0v) is 10.5. The number of benzene rings is 1. The van der Waals surface area contributed by atoms with Crippen molar-refractivity contribution in [2.45, 2.75) is 11.8 Å². The number of aliphatic carboxylic acids is 1. The van der Waals surface area contributed by atoms with Crippen molar-refractivity contribution in [3.8, 4) is 0 Å². The maximum Gasteiger partial charge on any atom is 0.357 e. The molecule has 18 heavy (non-hydrogen) atoms. The molecule has 7 heteroatoms. The highest BCUT2D eigenvalue weighted by molar-refractivity contribution is 7.89. The smallest absolute Gasteiger partial charge is 0.357 e. The quantitative estimate of drug-likeness (QED) is 0.791. The molecule has 1 aromatic rings. The van der Waals surface area contributed by atoms with Crippen molar-refractivity contribution >= 4 is 21.8 Å². The SMILES string of the molecule is Cc1cccc2c1C(O)=C(C(=O)O)N(C)S2(=O)=O. The normalized spacial score (nSPS) is 17.6. The Hall–Kier alpha value is -2.02. The van der Waals surface area contributed by atoms with Crippen LogP contribution in [0.5, 0.6) is 0 Å². The van der Waals surface area contributed by atoms with Crippen LogP contribution in [0, 0.1) is 6.92 Å². The molecule has 1 heterocycles. The fourth-order valence-electron chi connectivity index (χ4n) is 1.93. The number of hydrogen-bond acceptors (Lipinski definition) is 4. The zero-order valence-electron chi connectivity index (χ0n) is 9.71. The lowest BCUT2D eigenvalue weighted by molar-refractivity contribution is -0.133. The van der Waals surface area contributed by atoms with Gasteiger partial charge in [0.1, 0.15) is 0 Å². The largest absolute Gasteiger partial charge is 0.505 e. The number of aliphatic hydroxyl groups is 1. The van der Waals surface area contributed by atoms with E-state index in [0.717, 1.165) is 7.05 Å². The average molecular weight is 269 g/mol. The fraction of sp³-hybridized carbons (Fsp3) is 0.182. The van der Waals surface area contributed by atoms with E-state index in [9.17, 15) is 18.3 Å². The van der Waals surface area contributed by atoms with Crippen LogP contribution in [0.3, 0.4) is 0 Å². The first-order valence-corrected chi connectivity index (χ1v) is 6.48. The van der Waals surface area contributed by atoms with Gasteiger partial charge in [0.2, 0.25) is 0 Å². The molecule has 0 saturated heterocycles. The highest BCUT2D eigenvalue weighted by atomic mass is 32.2. The molecule has 0 aromatic heterocycles. The number of sulfonamides is 1. The standard InChI is InChI=1S/C11H11NO5S/c1-6-4-3-5-7-8(6)10(13)9(11(14)15)12(2)18(7,16)17/h3-5,13H,1-2H3,(H,14,15). The van der Waals surface area contributed by atoms with E-state index in [1.165, 1.54) is 6.07 Å². The summed E-state index contributed by atoms with van der Waals surface area (Å²) < 4.78 is 24.8. The third kappa shape index (κ3) is 1.47. The third-order valence-electron chi connectivity index (χ3n) is 2.85. The summed E-state index contributed by atoms with van der Waals surface area (Å²) in [7, 11) is -2.84. The lowest BCUT2D eigenvalue weighted by Gasteiger charge is -2.27. The molecular weight excluding hydrogens is 258 g/mol. The van der Waals surface area contributed by atoms with Gasteiger partial charge in [-0.1, -0.05) is 12.1 Å². The second-order valence-electron chi connectivity index (χ2n) is 3.92. The van der Waals surface area contributed by atoms with Crippen LogP contribution >= 0.6 is 0 Å². The summed E-state index contributed by atoms with van der Waals surface area (Å²) in [4.78, 5) is 11.0. The lowest BCUT2D eigenvalue weighted by Crippen LogP contribution is -2.35. The average Bonchev–Trinajstić information content (AvgIpc) is 2.26. The molecule has 0 bridgehead atoms. The molecule has 0 atom stereocenters. The number of aryl methyl sites for hydroxylation is 1. The Morgan fingerprint density at radius 2 is 1.94 bits per heavy atom. The van der Waals surface area contributed by atoms with Crippen LogP contribution in [0.4, 0.5) is 0 Å². The Balaban J connectivity index is 2.94. The Morgan fingerprint density at radius 3 is 2.50 bits per heavy atom. The van der Waals surface area contributed by atoms with Gasteiger partial charge in [-0.15, -0.1) is 0 Å². The third-order valence-corrected chi connectivity index (χ3v) is 4.65. The van der Waals surface area contributed by atoms with Crippen LogP contribution < -0.4 is 0 Å². The fourth-order valence-corrected chi connectivity index (χ4v) is 3.40. The van der Waals surface area contributed by atoms with Gasteiger partial charge in [-0.05, 0) is 18.6 Å². The molecule has 0 saturated carbocycles. The summed E-state index contributed by atoms with van der Waals surface area (Å²) in [5.74, 6) is -2.03. The van der Waals surface area contributed by atoms with Gasteiger partial charge < -0.3 is 10.2 Å². The molecular formula is C11H11NO5S. The summed E-state index contributed by atoms with van der Waals surface area (Å²) in [6, 6.07) is 4.48. The summed E-state index contributed by atoms with van der Waals surface area (Å²) in [6.45, 7) is 1.61. The van der Waals surface area contributed by atoms with Gasteiger partial charge in [0.05, 0.1) is 4.90 Å². The van der Waals surface area contributed by atoms with E-state index in [1.807, 2.05) is 0 Å². The molecule has 0 spiro atoms. The molecule has 96 valence electrons. The van der Waals surface area contributed by atoms with Crippen molar-refractivity contribution in [3.05, 3.63) is 35.0 Å². The summed E-state index contributed by atoms with van der Waals surface area (Å²) in [5.41, 5.74) is -0.0924. The van der Waals surface area contributed by atoms with E-state index in [4.69, 9.17) is 5.11 Å². The van der Waals surface area contributed by atoms with Crippen molar-refractivity contribution in [2.24, 2.45) is 0 Å². The Kier molecular flexibility index (Phi) is 2.58. The molecule has 0 unspecified atom stereocenters. The number of carbonyl (C=O) groups is 1. The van der Waals surface area contributed by atoms with Crippen molar-refractivity contribution < 1.29 is 23.4 Å².